The first-order chi connectivity index (χ1) is 7.58. The zero-order valence-corrected chi connectivity index (χ0v) is 11.5. The van der Waals surface area contributed by atoms with Gasteiger partial charge >= 0.3 is 0 Å². The minimum atomic E-state index is -0.0552. The number of carbonyl (C=O) groups excluding carboxylic acids is 1. The number of amides is 1. The molecule has 16 heavy (non-hydrogen) atoms. The number of hydrogen-bond acceptors (Lipinski definition) is 2. The summed E-state index contributed by atoms with van der Waals surface area (Å²) in [5.74, 6) is -0.0552. The molecule has 1 heterocycles. The first kappa shape index (κ1) is 13.2. The van der Waals surface area contributed by atoms with Gasteiger partial charge in [0, 0.05) is 17.9 Å². The van der Waals surface area contributed by atoms with Crippen molar-refractivity contribution >= 4 is 21.8 Å². The minimum absolute atomic E-state index is 0.0552. The van der Waals surface area contributed by atoms with E-state index in [1.807, 2.05) is 26.8 Å². The van der Waals surface area contributed by atoms with Gasteiger partial charge in [-0.25, -0.2) is 0 Å². The van der Waals surface area contributed by atoms with Gasteiger partial charge in [-0.3, -0.25) is 9.48 Å². The Labute approximate surface area is 105 Å². The maximum Gasteiger partial charge on any atom is 0.269 e. The fourth-order valence-electron chi connectivity index (χ4n) is 1.39. The summed E-state index contributed by atoms with van der Waals surface area (Å²) >= 11 is 3.39. The molecule has 90 valence electrons. The minimum Gasteiger partial charge on any atom is -0.350 e. The highest BCUT2D eigenvalue weighted by Crippen LogP contribution is 2.06. The van der Waals surface area contributed by atoms with Crippen LogP contribution in [0.25, 0.3) is 0 Å². The predicted octanol–water partition coefficient (Wildman–Crippen LogP) is 1.98. The number of aromatic nitrogens is 2. The number of nitrogens with one attached hydrogen (secondary N) is 1. The Balaban J connectivity index is 2.77. The van der Waals surface area contributed by atoms with Crippen LogP contribution in [0.4, 0.5) is 0 Å². The van der Waals surface area contributed by atoms with E-state index < -0.39 is 0 Å². The summed E-state index contributed by atoms with van der Waals surface area (Å²) in [6.45, 7) is 7.34. The number of hydrogen-bond donors (Lipinski definition) is 1. The van der Waals surface area contributed by atoms with E-state index in [9.17, 15) is 4.79 Å². The molecule has 0 aliphatic heterocycles. The number of rotatable bonds is 5. The second kappa shape index (κ2) is 6.03. The van der Waals surface area contributed by atoms with Gasteiger partial charge in [0.25, 0.3) is 5.91 Å². The summed E-state index contributed by atoms with van der Waals surface area (Å²) in [5.41, 5.74) is 1.60. The van der Waals surface area contributed by atoms with Crippen molar-refractivity contribution < 1.29 is 4.79 Å². The molecule has 0 bridgehead atoms. The Morgan fingerprint density at radius 2 is 2.31 bits per heavy atom. The van der Waals surface area contributed by atoms with Gasteiger partial charge in [-0.15, -0.1) is 0 Å². The number of nitrogens with zero attached hydrogens (tertiary/aromatic N) is 2. The molecular formula is C11H18BrN3O. The topological polar surface area (TPSA) is 46.9 Å². The zero-order chi connectivity index (χ0) is 12.1. The standard InChI is InChI=1S/C11H18BrN3O/c1-4-9-6-10(15(5-2)14-9)11(16)13-7-8(3)12/h6,8H,4-5,7H2,1-3H3,(H,13,16). The lowest BCUT2D eigenvalue weighted by Gasteiger charge is -2.07. The highest BCUT2D eigenvalue weighted by molar-refractivity contribution is 9.09. The third-order valence-electron chi connectivity index (χ3n) is 2.27. The van der Waals surface area contributed by atoms with E-state index in [0.29, 0.717) is 18.8 Å². The molecule has 4 nitrogen and oxygen atoms in total. The monoisotopic (exact) mass is 287 g/mol. The van der Waals surface area contributed by atoms with E-state index in [2.05, 4.69) is 26.3 Å². The Bertz CT molecular complexity index is 360. The Kier molecular flexibility index (Phi) is 4.99. The molecule has 1 atom stereocenters. The molecule has 0 aromatic carbocycles. The molecule has 0 saturated carbocycles. The summed E-state index contributed by atoms with van der Waals surface area (Å²) in [4.78, 5) is 12.1. The highest BCUT2D eigenvalue weighted by atomic mass is 79.9. The van der Waals surface area contributed by atoms with Crippen LogP contribution in [0.1, 0.15) is 37.0 Å². The Hall–Kier alpha value is -0.840. The fourth-order valence-corrected chi connectivity index (χ4v) is 1.55. The van der Waals surface area contributed by atoms with Crippen molar-refractivity contribution in [1.82, 2.24) is 15.1 Å². The van der Waals surface area contributed by atoms with Crippen molar-refractivity contribution in [3.05, 3.63) is 17.5 Å². The maximum atomic E-state index is 11.9. The smallest absolute Gasteiger partial charge is 0.269 e. The van der Waals surface area contributed by atoms with Crippen molar-refractivity contribution in [1.29, 1.82) is 0 Å². The van der Waals surface area contributed by atoms with E-state index in [1.165, 1.54) is 0 Å². The van der Waals surface area contributed by atoms with Crippen LogP contribution in [0.15, 0.2) is 6.07 Å². The molecular weight excluding hydrogens is 270 g/mol. The summed E-state index contributed by atoms with van der Waals surface area (Å²) in [7, 11) is 0. The highest BCUT2D eigenvalue weighted by Gasteiger charge is 2.13. The molecule has 0 fully saturated rings. The van der Waals surface area contributed by atoms with Gasteiger partial charge in [0.15, 0.2) is 0 Å². The molecule has 0 radical (unpaired) electrons. The van der Waals surface area contributed by atoms with Crippen LogP contribution in [-0.2, 0) is 13.0 Å². The normalized spacial score (nSPS) is 12.5. The molecule has 0 spiro atoms. The fraction of sp³-hybridized carbons (Fsp3) is 0.636. The van der Waals surface area contributed by atoms with Crippen LogP contribution >= 0.6 is 15.9 Å². The average Bonchev–Trinajstić information content (AvgIpc) is 2.68. The Morgan fingerprint density at radius 3 is 2.81 bits per heavy atom. The molecule has 0 aliphatic rings. The van der Waals surface area contributed by atoms with E-state index >= 15 is 0 Å². The van der Waals surface area contributed by atoms with Gasteiger partial charge in [-0.1, -0.05) is 29.8 Å². The molecule has 1 aromatic rings. The van der Waals surface area contributed by atoms with Gasteiger partial charge in [0.05, 0.1) is 5.69 Å². The van der Waals surface area contributed by atoms with Crippen molar-refractivity contribution in [2.45, 2.75) is 38.6 Å². The quantitative estimate of drug-likeness (QED) is 0.842. The second-order valence-electron chi connectivity index (χ2n) is 3.68. The molecule has 1 rings (SSSR count). The van der Waals surface area contributed by atoms with Crippen molar-refractivity contribution in [3.8, 4) is 0 Å². The van der Waals surface area contributed by atoms with Crippen molar-refractivity contribution in [2.75, 3.05) is 6.54 Å². The van der Waals surface area contributed by atoms with Gasteiger partial charge in [0.2, 0.25) is 0 Å². The summed E-state index contributed by atoms with van der Waals surface area (Å²) in [5, 5.41) is 7.20. The first-order valence-electron chi connectivity index (χ1n) is 5.57. The van der Waals surface area contributed by atoms with Gasteiger partial charge in [-0.05, 0) is 19.4 Å². The van der Waals surface area contributed by atoms with Crippen molar-refractivity contribution in [3.63, 3.8) is 0 Å². The Morgan fingerprint density at radius 1 is 1.62 bits per heavy atom. The van der Waals surface area contributed by atoms with E-state index in [0.717, 1.165) is 12.1 Å². The van der Waals surface area contributed by atoms with Gasteiger partial charge in [-0.2, -0.15) is 5.10 Å². The molecule has 1 amide bonds. The maximum absolute atomic E-state index is 11.9. The lowest BCUT2D eigenvalue weighted by atomic mass is 10.3. The number of carbonyl (C=O) groups is 1. The molecule has 0 aliphatic carbocycles. The number of aryl methyl sites for hydroxylation is 2. The molecule has 1 N–H and O–H groups in total. The lowest BCUT2D eigenvalue weighted by molar-refractivity contribution is 0.0943. The van der Waals surface area contributed by atoms with E-state index in [-0.39, 0.29) is 10.7 Å². The van der Waals surface area contributed by atoms with Crippen LogP contribution in [0.2, 0.25) is 0 Å². The van der Waals surface area contributed by atoms with Gasteiger partial charge in [0.1, 0.15) is 5.69 Å². The van der Waals surface area contributed by atoms with Crippen LogP contribution in [0, 0.1) is 0 Å². The van der Waals surface area contributed by atoms with Crippen molar-refractivity contribution in [2.24, 2.45) is 0 Å². The molecule has 1 unspecified atom stereocenters. The van der Waals surface area contributed by atoms with E-state index in [1.54, 1.807) is 4.68 Å². The van der Waals surface area contributed by atoms with E-state index in [4.69, 9.17) is 0 Å². The second-order valence-corrected chi connectivity index (χ2v) is 5.24. The number of alkyl halides is 1. The largest absolute Gasteiger partial charge is 0.350 e. The third kappa shape index (κ3) is 3.33. The summed E-state index contributed by atoms with van der Waals surface area (Å²) in [6, 6.07) is 1.86. The average molecular weight is 288 g/mol. The molecule has 0 saturated heterocycles. The van der Waals surface area contributed by atoms with Gasteiger partial charge < -0.3 is 5.32 Å². The third-order valence-corrected chi connectivity index (χ3v) is 2.59. The van der Waals surface area contributed by atoms with Crippen LogP contribution in [0.5, 0.6) is 0 Å². The zero-order valence-electron chi connectivity index (χ0n) is 9.96. The number of halogens is 1. The summed E-state index contributed by atoms with van der Waals surface area (Å²) < 4.78 is 1.74. The predicted molar refractivity (Wildman–Crippen MR) is 68.0 cm³/mol. The van der Waals surface area contributed by atoms with Crippen LogP contribution in [-0.4, -0.2) is 27.1 Å². The van der Waals surface area contributed by atoms with Crippen LogP contribution in [0.3, 0.4) is 0 Å². The first-order valence-corrected chi connectivity index (χ1v) is 6.49. The SMILES string of the molecule is CCc1cc(C(=O)NCC(C)Br)n(CC)n1. The summed E-state index contributed by atoms with van der Waals surface area (Å²) in [6.07, 6.45) is 0.849. The van der Waals surface area contributed by atoms with Crippen LogP contribution < -0.4 is 5.32 Å². The molecule has 1 aromatic heterocycles. The molecule has 5 heteroatoms. The lowest BCUT2D eigenvalue weighted by Crippen LogP contribution is -2.30.